The first-order chi connectivity index (χ1) is 10.2. The molecule has 0 fully saturated rings. The van der Waals surface area contributed by atoms with Crippen LogP contribution in [0.25, 0.3) is 0 Å². The number of hydrogen-bond acceptors (Lipinski definition) is 4. The molecule has 3 rings (SSSR count). The van der Waals surface area contributed by atoms with Crippen molar-refractivity contribution in [3.8, 4) is 0 Å². The minimum absolute atomic E-state index is 0.0624. The molecule has 0 saturated heterocycles. The van der Waals surface area contributed by atoms with Gasteiger partial charge in [0.1, 0.15) is 10.7 Å². The largest absolute Gasteiger partial charge is 0.289 e. The van der Waals surface area contributed by atoms with Crippen molar-refractivity contribution in [1.82, 2.24) is 0 Å². The number of nitrogens with two attached hydrogens (primary N) is 1. The van der Waals surface area contributed by atoms with Crippen LogP contribution in [0.3, 0.4) is 0 Å². The molecule has 0 spiro atoms. The normalized spacial score (nSPS) is 19.5. The molecule has 1 aliphatic rings. The first-order valence-electron chi connectivity index (χ1n) is 5.83. The van der Waals surface area contributed by atoms with Gasteiger partial charge in [0.05, 0.1) is 4.90 Å². The third-order valence-electron chi connectivity index (χ3n) is 2.94. The summed E-state index contributed by atoms with van der Waals surface area (Å²) < 4.78 is 63.7. The molecule has 2 N–H and O–H groups in total. The van der Waals surface area contributed by atoms with Gasteiger partial charge in [0.15, 0.2) is 0 Å². The van der Waals surface area contributed by atoms with Crippen molar-refractivity contribution in [2.24, 2.45) is 8.91 Å². The van der Waals surface area contributed by atoms with E-state index in [1.165, 1.54) is 36.4 Å². The van der Waals surface area contributed by atoms with Crippen molar-refractivity contribution in [2.45, 2.75) is 19.6 Å². The Bertz CT molecular complexity index is 1010. The van der Waals surface area contributed by atoms with Gasteiger partial charge in [0.2, 0.25) is 10.0 Å². The fourth-order valence-electron chi connectivity index (χ4n) is 1.94. The Morgan fingerprint density at radius 2 is 1.73 bits per heavy atom. The van der Waals surface area contributed by atoms with Crippen molar-refractivity contribution in [1.29, 1.82) is 0 Å². The molecule has 10 heteroatoms. The molecule has 1 unspecified atom stereocenters. The summed E-state index contributed by atoms with van der Waals surface area (Å²) in [6.07, 6.45) is 0. The monoisotopic (exact) mass is 360 g/mol. The van der Waals surface area contributed by atoms with Crippen molar-refractivity contribution < 1.29 is 21.2 Å². The average Bonchev–Trinajstić information content (AvgIpc) is 2.70. The number of nitrogens with zero attached hydrogens (tertiary/aromatic N) is 1. The summed E-state index contributed by atoms with van der Waals surface area (Å²) in [5.74, 6) is -0.465. The lowest BCUT2D eigenvalue weighted by atomic mass is 10.3. The van der Waals surface area contributed by atoms with Crippen molar-refractivity contribution in [3.63, 3.8) is 0 Å². The average molecular weight is 360 g/mol. The van der Waals surface area contributed by atoms with Gasteiger partial charge in [-0.05, 0) is 53.2 Å². The van der Waals surface area contributed by atoms with E-state index in [2.05, 4.69) is 3.77 Å². The Morgan fingerprint density at radius 1 is 1.09 bits per heavy atom. The maximum atomic E-state index is 13.0. The number of fused-ring (bicyclic) bond motifs is 1. The summed E-state index contributed by atoms with van der Waals surface area (Å²) in [6.45, 7) is 0. The molecular weight excluding hydrogens is 351 g/mol. The van der Waals surface area contributed by atoms with Crippen LogP contribution in [0.2, 0.25) is 0 Å². The molecule has 0 radical (unpaired) electrons. The molecule has 0 amide bonds. The maximum absolute atomic E-state index is 13.0. The topological polar surface area (TPSA) is 107 Å². The van der Waals surface area contributed by atoms with Crippen LogP contribution in [0.15, 0.2) is 65.8 Å². The van der Waals surface area contributed by atoms with Gasteiger partial charge in [0.25, 0.3) is 10.0 Å². The molecule has 0 aliphatic carbocycles. The zero-order chi connectivity index (χ0) is 16.1. The van der Waals surface area contributed by atoms with E-state index in [0.717, 1.165) is 6.07 Å². The van der Waals surface area contributed by atoms with Gasteiger partial charge in [-0.3, -0.25) is 0 Å². The van der Waals surface area contributed by atoms with Gasteiger partial charge in [0, 0.05) is 9.79 Å². The maximum Gasteiger partial charge on any atom is 0.289 e. The molecule has 116 valence electrons. The Hall–Kier alpha value is -1.62. The van der Waals surface area contributed by atoms with Crippen LogP contribution in [-0.4, -0.2) is 16.8 Å². The number of hydrogen-bond donors (Lipinski definition) is 1. The number of halogens is 1. The van der Waals surface area contributed by atoms with Crippen LogP contribution in [-0.2, 0) is 30.7 Å². The lowest BCUT2D eigenvalue weighted by Crippen LogP contribution is -2.12. The van der Waals surface area contributed by atoms with Crippen LogP contribution >= 0.6 is 0 Å². The van der Waals surface area contributed by atoms with Crippen molar-refractivity contribution in [3.05, 3.63) is 48.3 Å². The molecule has 1 atom stereocenters. The second-order valence-electron chi connectivity index (χ2n) is 4.44. The highest BCUT2D eigenvalue weighted by molar-refractivity contribution is 8.03. The zero-order valence-corrected chi connectivity index (χ0v) is 13.3. The minimum atomic E-state index is -3.97. The molecule has 1 heterocycles. The van der Waals surface area contributed by atoms with E-state index in [1.54, 1.807) is 0 Å². The van der Waals surface area contributed by atoms with Crippen LogP contribution in [0.4, 0.5) is 4.39 Å². The van der Waals surface area contributed by atoms with Crippen LogP contribution in [0, 0.1) is 5.82 Å². The molecule has 6 nitrogen and oxygen atoms in total. The molecule has 2 aromatic rings. The SMILES string of the molecule is NS(=O)(=O)c1ccc2c(c1)S(c1ccc(F)cc1)=NS2(=O)=O. The highest BCUT2D eigenvalue weighted by Crippen LogP contribution is 2.35. The Labute approximate surface area is 129 Å². The predicted octanol–water partition coefficient (Wildman–Crippen LogP) is 1.40. The van der Waals surface area contributed by atoms with Gasteiger partial charge in [-0.2, -0.15) is 8.42 Å². The molecule has 0 aromatic heterocycles. The number of benzene rings is 2. The third kappa shape index (κ3) is 2.58. The number of sulfonamides is 2. The van der Waals surface area contributed by atoms with Gasteiger partial charge in [-0.25, -0.2) is 17.9 Å². The van der Waals surface area contributed by atoms with Gasteiger partial charge >= 0.3 is 0 Å². The van der Waals surface area contributed by atoms with E-state index < -0.39 is 36.6 Å². The van der Waals surface area contributed by atoms with E-state index in [1.807, 2.05) is 0 Å². The Balaban J connectivity index is 2.27. The lowest BCUT2D eigenvalue weighted by molar-refractivity contribution is 0.593. The Kier molecular flexibility index (Phi) is 3.44. The summed E-state index contributed by atoms with van der Waals surface area (Å²) in [7, 11) is -9.07. The van der Waals surface area contributed by atoms with Crippen LogP contribution in [0.1, 0.15) is 0 Å². The molecule has 0 saturated carbocycles. The fourth-order valence-corrected chi connectivity index (χ4v) is 6.58. The third-order valence-corrected chi connectivity index (χ3v) is 7.75. The van der Waals surface area contributed by atoms with Gasteiger partial charge in [-0.15, -0.1) is 3.77 Å². The predicted molar refractivity (Wildman–Crippen MR) is 77.7 cm³/mol. The first kappa shape index (κ1) is 15.3. The second kappa shape index (κ2) is 4.95. The lowest BCUT2D eigenvalue weighted by Gasteiger charge is -2.05. The van der Waals surface area contributed by atoms with Crippen LogP contribution < -0.4 is 5.14 Å². The first-order valence-corrected chi connectivity index (χ1v) is 10.0. The summed E-state index contributed by atoms with van der Waals surface area (Å²) in [5, 5.41) is 5.07. The summed E-state index contributed by atoms with van der Waals surface area (Å²) in [5.41, 5.74) is 0. The van der Waals surface area contributed by atoms with E-state index >= 15 is 0 Å². The standard InChI is InChI=1S/C12H9FN2O4S3/c13-8-1-3-9(4-2-8)20-11-7-10(21(14,16)17)5-6-12(11)22(18,19)15-20/h1-7H,(H2,14,16,17). The van der Waals surface area contributed by atoms with Gasteiger partial charge < -0.3 is 0 Å². The zero-order valence-electron chi connectivity index (χ0n) is 10.8. The van der Waals surface area contributed by atoms with E-state index in [0.29, 0.717) is 4.90 Å². The molecule has 2 aromatic carbocycles. The minimum Gasteiger partial charge on any atom is -0.225 e. The van der Waals surface area contributed by atoms with Gasteiger partial charge in [-0.1, -0.05) is 0 Å². The van der Waals surface area contributed by atoms with E-state index in [4.69, 9.17) is 5.14 Å². The van der Waals surface area contributed by atoms with Crippen molar-refractivity contribution in [2.75, 3.05) is 0 Å². The highest BCUT2D eigenvalue weighted by Gasteiger charge is 2.30. The Morgan fingerprint density at radius 3 is 2.32 bits per heavy atom. The van der Waals surface area contributed by atoms with Crippen LogP contribution in [0.5, 0.6) is 0 Å². The van der Waals surface area contributed by atoms with E-state index in [9.17, 15) is 21.2 Å². The highest BCUT2D eigenvalue weighted by atomic mass is 32.3. The molecule has 0 bridgehead atoms. The smallest absolute Gasteiger partial charge is 0.225 e. The fraction of sp³-hybridized carbons (Fsp3) is 0. The summed E-state index contributed by atoms with van der Waals surface area (Å²) >= 11 is 0. The van der Waals surface area contributed by atoms with Crippen molar-refractivity contribution >= 4 is 30.7 Å². The second-order valence-corrected chi connectivity index (χ2v) is 9.47. The van der Waals surface area contributed by atoms with E-state index in [-0.39, 0.29) is 14.7 Å². The quantitative estimate of drug-likeness (QED) is 0.873. The number of primary sulfonamides is 1. The summed E-state index contributed by atoms with van der Waals surface area (Å²) in [4.78, 5) is 0.444. The molecular formula is C12H9FN2O4S3. The number of rotatable bonds is 2. The summed E-state index contributed by atoms with van der Waals surface area (Å²) in [6, 6.07) is 8.69. The molecule has 22 heavy (non-hydrogen) atoms. The molecule has 1 aliphatic heterocycles.